The summed E-state index contributed by atoms with van der Waals surface area (Å²) in [6.45, 7) is 2.69. The van der Waals surface area contributed by atoms with E-state index < -0.39 is 18.0 Å². The smallest absolute Gasteiger partial charge is 0.358 e. The Hall–Kier alpha value is -1.90. The van der Waals surface area contributed by atoms with Crippen molar-refractivity contribution in [3.63, 3.8) is 0 Å². The second kappa shape index (κ2) is 6.47. The van der Waals surface area contributed by atoms with E-state index in [1.54, 1.807) is 7.05 Å². The van der Waals surface area contributed by atoms with Gasteiger partial charge in [-0.3, -0.25) is 19.4 Å². The molecule has 1 saturated heterocycles. The monoisotopic (exact) mass is 326 g/mol. The van der Waals surface area contributed by atoms with E-state index in [1.165, 1.54) is 23.7 Å². The lowest BCUT2D eigenvalue weighted by Crippen LogP contribution is -2.61. The van der Waals surface area contributed by atoms with Crippen molar-refractivity contribution in [2.45, 2.75) is 25.8 Å². The Morgan fingerprint density at radius 3 is 2.64 bits per heavy atom. The maximum absolute atomic E-state index is 12.5. The molecule has 8 nitrogen and oxygen atoms in total. The summed E-state index contributed by atoms with van der Waals surface area (Å²) in [5.41, 5.74) is 5.18. The Labute approximate surface area is 133 Å². The summed E-state index contributed by atoms with van der Waals surface area (Å²) in [5, 5.41) is 0.565. The van der Waals surface area contributed by atoms with Crippen LogP contribution in [0.15, 0.2) is 4.99 Å². The molecule has 2 aliphatic rings. The highest BCUT2D eigenvalue weighted by atomic mass is 32.2. The number of likely N-dealkylation sites (N-methyl/N-ethyl adjacent to an activating group) is 2. The van der Waals surface area contributed by atoms with Gasteiger partial charge in [-0.15, -0.1) is 0 Å². The van der Waals surface area contributed by atoms with Crippen LogP contribution < -0.4 is 5.73 Å². The summed E-state index contributed by atoms with van der Waals surface area (Å²) in [6, 6.07) is -1.01. The van der Waals surface area contributed by atoms with Gasteiger partial charge in [0.05, 0.1) is 12.3 Å². The molecule has 22 heavy (non-hydrogen) atoms. The Kier molecular flexibility index (Phi) is 4.84. The van der Waals surface area contributed by atoms with Crippen molar-refractivity contribution in [3.8, 4) is 0 Å². The zero-order valence-corrected chi connectivity index (χ0v) is 13.7. The van der Waals surface area contributed by atoms with Crippen LogP contribution in [-0.4, -0.2) is 75.7 Å². The minimum absolute atomic E-state index is 0.0865. The van der Waals surface area contributed by atoms with E-state index in [1.807, 2.05) is 4.58 Å². The van der Waals surface area contributed by atoms with Crippen LogP contribution in [0.2, 0.25) is 0 Å². The largest absolute Gasteiger partial charge is 0.369 e. The molecular weight excluding hydrogens is 306 g/mol. The summed E-state index contributed by atoms with van der Waals surface area (Å²) in [6.07, 6.45) is 1.85. The van der Waals surface area contributed by atoms with Gasteiger partial charge in [-0.1, -0.05) is 13.3 Å². The van der Waals surface area contributed by atoms with Gasteiger partial charge >= 0.3 is 11.2 Å². The molecule has 4 amide bonds. The molecule has 0 aromatic carbocycles. The van der Waals surface area contributed by atoms with Gasteiger partial charge in [-0.2, -0.15) is 0 Å². The van der Waals surface area contributed by atoms with Gasteiger partial charge in [-0.25, -0.2) is 9.37 Å². The number of nitrogens with two attached hydrogens (primary N) is 1. The molecular formula is C13H20N5O3S+. The zero-order valence-electron chi connectivity index (χ0n) is 12.9. The van der Waals surface area contributed by atoms with Crippen molar-refractivity contribution in [2.75, 3.05) is 26.4 Å². The third-order valence-electron chi connectivity index (χ3n) is 3.59. The summed E-state index contributed by atoms with van der Waals surface area (Å²) in [4.78, 5) is 42.4. The first-order valence-electron chi connectivity index (χ1n) is 7.07. The number of carbonyl (C=O) groups is 3. The van der Waals surface area contributed by atoms with Crippen molar-refractivity contribution < 1.29 is 19.0 Å². The molecule has 2 heterocycles. The number of primary amides is 1. The summed E-state index contributed by atoms with van der Waals surface area (Å²) < 4.78 is 1.86. The van der Waals surface area contributed by atoms with Gasteiger partial charge in [0, 0.05) is 14.1 Å². The molecule has 9 heteroatoms. The highest BCUT2D eigenvalue weighted by Crippen LogP contribution is 2.23. The van der Waals surface area contributed by atoms with Crippen LogP contribution in [-0.2, 0) is 9.59 Å². The van der Waals surface area contributed by atoms with Crippen LogP contribution in [0.3, 0.4) is 0 Å². The molecule has 2 aliphatic heterocycles. The van der Waals surface area contributed by atoms with Crippen LogP contribution in [0, 0.1) is 0 Å². The normalized spacial score (nSPS) is 21.4. The van der Waals surface area contributed by atoms with E-state index in [-0.39, 0.29) is 11.7 Å². The van der Waals surface area contributed by atoms with Crippen LogP contribution in [0.25, 0.3) is 0 Å². The number of hydrogen-bond donors (Lipinski definition) is 1. The van der Waals surface area contributed by atoms with Crippen LogP contribution in [0.1, 0.15) is 19.8 Å². The second-order valence-corrected chi connectivity index (χ2v) is 6.14. The number of amides is 4. The number of urea groups is 1. The van der Waals surface area contributed by atoms with E-state index in [4.69, 9.17) is 5.73 Å². The summed E-state index contributed by atoms with van der Waals surface area (Å²) in [5.74, 6) is -0.247. The number of amidine groups is 2. The molecule has 0 aliphatic carbocycles. The van der Waals surface area contributed by atoms with E-state index in [0.29, 0.717) is 17.5 Å². The Bertz CT molecular complexity index is 586. The van der Waals surface area contributed by atoms with Crippen LogP contribution in [0.4, 0.5) is 4.79 Å². The van der Waals surface area contributed by atoms with Crippen molar-refractivity contribution in [1.82, 2.24) is 9.80 Å². The van der Waals surface area contributed by atoms with E-state index in [9.17, 15) is 14.4 Å². The number of fused-ring (bicyclic) bond motifs is 1. The van der Waals surface area contributed by atoms with Crippen molar-refractivity contribution in [1.29, 1.82) is 0 Å². The van der Waals surface area contributed by atoms with E-state index in [2.05, 4.69) is 11.9 Å². The van der Waals surface area contributed by atoms with Crippen LogP contribution >= 0.6 is 11.8 Å². The minimum Gasteiger partial charge on any atom is -0.369 e. The van der Waals surface area contributed by atoms with Gasteiger partial charge in [0.15, 0.2) is 0 Å². The fourth-order valence-electron chi connectivity index (χ4n) is 2.38. The predicted molar refractivity (Wildman–Crippen MR) is 83.8 cm³/mol. The highest BCUT2D eigenvalue weighted by Gasteiger charge is 2.52. The lowest BCUT2D eigenvalue weighted by atomic mass is 10.1. The molecule has 0 aromatic rings. The Morgan fingerprint density at radius 1 is 1.36 bits per heavy atom. The summed E-state index contributed by atoms with van der Waals surface area (Å²) in [7, 11) is 3.06. The maximum Gasteiger partial charge on any atom is 0.358 e. The van der Waals surface area contributed by atoms with Gasteiger partial charge in [0.2, 0.25) is 5.91 Å². The number of unbranched alkanes of at least 4 members (excludes halogenated alkanes) is 1. The third-order valence-corrected chi connectivity index (χ3v) is 4.60. The zero-order chi connectivity index (χ0) is 16.4. The average Bonchev–Trinajstić information content (AvgIpc) is 2.85. The van der Waals surface area contributed by atoms with Crippen molar-refractivity contribution in [2.24, 2.45) is 10.7 Å². The predicted octanol–water partition coefficient (Wildman–Crippen LogP) is -0.322. The van der Waals surface area contributed by atoms with Gasteiger partial charge < -0.3 is 5.73 Å². The minimum atomic E-state index is -0.602. The second-order valence-electron chi connectivity index (χ2n) is 5.20. The highest BCUT2D eigenvalue weighted by molar-refractivity contribution is 8.14. The molecule has 0 radical (unpaired) electrons. The molecule has 0 spiro atoms. The average molecular weight is 326 g/mol. The molecule has 0 saturated carbocycles. The lowest BCUT2D eigenvalue weighted by molar-refractivity contribution is -0.533. The maximum atomic E-state index is 12.5. The first kappa shape index (κ1) is 16.5. The van der Waals surface area contributed by atoms with Crippen molar-refractivity contribution in [3.05, 3.63) is 0 Å². The first-order chi connectivity index (χ1) is 10.4. The Balaban J connectivity index is 2.36. The number of imide groups is 1. The van der Waals surface area contributed by atoms with Crippen LogP contribution in [0.5, 0.6) is 0 Å². The number of carbonyl (C=O) groups excluding carboxylic acids is 3. The van der Waals surface area contributed by atoms with Gasteiger partial charge in [0.1, 0.15) is 0 Å². The molecule has 2 N–H and O–H groups in total. The molecule has 1 fully saturated rings. The Morgan fingerprint density at radius 2 is 2.05 bits per heavy atom. The number of hydrogen-bond acceptors (Lipinski definition) is 5. The molecule has 0 bridgehead atoms. The molecule has 1 unspecified atom stereocenters. The topological polar surface area (TPSA) is 99.1 Å². The quantitative estimate of drug-likeness (QED) is 0.700. The number of thioether (sulfide) groups is 1. The number of rotatable bonds is 5. The third kappa shape index (κ3) is 2.85. The summed E-state index contributed by atoms with van der Waals surface area (Å²) >= 11 is 1.20. The van der Waals surface area contributed by atoms with Crippen molar-refractivity contribution >= 4 is 40.6 Å². The van der Waals surface area contributed by atoms with E-state index >= 15 is 0 Å². The van der Waals surface area contributed by atoms with Gasteiger partial charge in [0.25, 0.3) is 17.8 Å². The molecule has 120 valence electrons. The first-order valence-corrected chi connectivity index (χ1v) is 8.05. The fraction of sp³-hybridized carbons (Fsp3) is 0.615. The fourth-order valence-corrected chi connectivity index (χ4v) is 3.17. The van der Waals surface area contributed by atoms with Gasteiger partial charge in [-0.05, 0) is 23.2 Å². The standard InChI is InChI=1S/C13H19N5O3S/c1-4-5-6-18-9-10(15-12(18)22-7-8(14)19)16(2)13(21)17(3)11(9)20/h9H,4-7H2,1-3H3,(H-,14,19)/p+1. The number of aliphatic imine (C=N–C) groups is 1. The molecule has 2 rings (SSSR count). The van der Waals surface area contributed by atoms with E-state index in [0.717, 1.165) is 17.7 Å². The molecule has 0 aromatic heterocycles. The SMILES string of the molecule is CCCC[N+]1=C(SCC(N)=O)N=C2C1C(=O)N(C)C(=O)N2C. The number of nitrogens with zero attached hydrogens (tertiary/aromatic N) is 4. The molecule has 1 atom stereocenters. The lowest BCUT2D eigenvalue weighted by Gasteiger charge is -2.30.